The van der Waals surface area contributed by atoms with E-state index in [0.29, 0.717) is 24.0 Å². The van der Waals surface area contributed by atoms with E-state index < -0.39 is 10.0 Å². The minimum Gasteiger partial charge on any atom is -0.373 e. The average molecular weight is 417 g/mol. The van der Waals surface area contributed by atoms with Crippen LogP contribution in [-0.2, 0) is 14.8 Å². The Morgan fingerprint density at radius 3 is 2.12 bits per heavy atom. The topological polar surface area (TPSA) is 49.9 Å². The molecule has 0 N–H and O–H groups in total. The monoisotopic (exact) mass is 416 g/mol. The van der Waals surface area contributed by atoms with Crippen LogP contribution < -0.4 is 0 Å². The van der Waals surface area contributed by atoms with Gasteiger partial charge in [-0.05, 0) is 51.0 Å². The minimum absolute atomic E-state index is 0.248. The number of sulfonamides is 1. The van der Waals surface area contributed by atoms with Gasteiger partial charge < -0.3 is 4.74 Å². The third-order valence-electron chi connectivity index (χ3n) is 4.84. The lowest BCUT2D eigenvalue weighted by molar-refractivity contribution is -0.0847. The lowest BCUT2D eigenvalue weighted by Gasteiger charge is -2.43. The van der Waals surface area contributed by atoms with Crippen LogP contribution in [0.4, 0.5) is 0 Å². The molecular formula is C17H25BrN2O3S. The molecule has 0 radical (unpaired) electrons. The molecule has 2 aliphatic heterocycles. The summed E-state index contributed by atoms with van der Waals surface area (Å²) in [6, 6.07) is 7.33. The Hall–Kier alpha value is -0.470. The van der Waals surface area contributed by atoms with Crippen molar-refractivity contribution in [2.75, 3.05) is 26.2 Å². The molecule has 134 valence electrons. The zero-order chi connectivity index (χ0) is 17.3. The summed E-state index contributed by atoms with van der Waals surface area (Å²) in [6.45, 7) is 7.26. The molecule has 7 heteroatoms. The van der Waals surface area contributed by atoms with Crippen LogP contribution in [0.3, 0.4) is 0 Å². The molecule has 0 spiro atoms. The molecule has 0 aliphatic carbocycles. The molecule has 2 saturated heterocycles. The van der Waals surface area contributed by atoms with E-state index in [-0.39, 0.29) is 12.2 Å². The van der Waals surface area contributed by atoms with Crippen LogP contribution in [0.2, 0.25) is 0 Å². The van der Waals surface area contributed by atoms with Gasteiger partial charge in [-0.2, -0.15) is 4.31 Å². The third kappa shape index (κ3) is 4.02. The number of nitrogens with zero attached hydrogens (tertiary/aromatic N) is 2. The summed E-state index contributed by atoms with van der Waals surface area (Å²) in [6.07, 6.45) is 2.27. The lowest BCUT2D eigenvalue weighted by Crippen LogP contribution is -2.53. The highest BCUT2D eigenvalue weighted by atomic mass is 79.9. The number of rotatable bonds is 3. The van der Waals surface area contributed by atoms with Crippen molar-refractivity contribution in [2.24, 2.45) is 0 Å². The van der Waals surface area contributed by atoms with Crippen molar-refractivity contribution in [3.8, 4) is 0 Å². The number of hydrogen-bond donors (Lipinski definition) is 0. The molecule has 2 aliphatic rings. The Labute approximate surface area is 153 Å². The number of ether oxygens (including phenoxy) is 1. The minimum atomic E-state index is -3.39. The molecule has 2 atom stereocenters. The second kappa shape index (κ2) is 7.41. The molecule has 1 aromatic rings. The molecule has 24 heavy (non-hydrogen) atoms. The first-order valence-electron chi connectivity index (χ1n) is 8.51. The van der Waals surface area contributed by atoms with Crippen LogP contribution in [0.5, 0.6) is 0 Å². The van der Waals surface area contributed by atoms with Gasteiger partial charge in [0.15, 0.2) is 0 Å². The first-order valence-corrected chi connectivity index (χ1v) is 10.7. The summed E-state index contributed by atoms with van der Waals surface area (Å²) in [5, 5.41) is 0. The first kappa shape index (κ1) is 18.3. The third-order valence-corrected chi connectivity index (χ3v) is 7.28. The van der Waals surface area contributed by atoms with Gasteiger partial charge in [0.2, 0.25) is 10.0 Å². The van der Waals surface area contributed by atoms with E-state index in [9.17, 15) is 8.42 Å². The van der Waals surface area contributed by atoms with Crippen molar-refractivity contribution < 1.29 is 13.2 Å². The highest BCUT2D eigenvalue weighted by Crippen LogP contribution is 2.26. The van der Waals surface area contributed by atoms with Crippen molar-refractivity contribution in [1.29, 1.82) is 0 Å². The van der Waals surface area contributed by atoms with E-state index in [1.165, 1.54) is 0 Å². The predicted molar refractivity (Wildman–Crippen MR) is 97.5 cm³/mol. The second-order valence-electron chi connectivity index (χ2n) is 6.80. The fourth-order valence-electron chi connectivity index (χ4n) is 3.72. The molecule has 0 bridgehead atoms. The van der Waals surface area contributed by atoms with E-state index >= 15 is 0 Å². The lowest BCUT2D eigenvalue weighted by atomic mass is 10.0. The van der Waals surface area contributed by atoms with Gasteiger partial charge in [0, 0.05) is 36.7 Å². The molecule has 0 aromatic heterocycles. The van der Waals surface area contributed by atoms with Crippen LogP contribution in [0.25, 0.3) is 0 Å². The van der Waals surface area contributed by atoms with Gasteiger partial charge >= 0.3 is 0 Å². The normalized spacial score (nSPS) is 28.1. The van der Waals surface area contributed by atoms with Gasteiger partial charge in [-0.25, -0.2) is 8.42 Å². The maximum atomic E-state index is 12.8. The van der Waals surface area contributed by atoms with Crippen LogP contribution >= 0.6 is 15.9 Å². The summed E-state index contributed by atoms with van der Waals surface area (Å²) in [5.41, 5.74) is 0. The van der Waals surface area contributed by atoms with Crippen LogP contribution in [0, 0.1) is 0 Å². The molecule has 5 nitrogen and oxygen atoms in total. The molecule has 3 rings (SSSR count). The summed E-state index contributed by atoms with van der Waals surface area (Å²) in [5.74, 6) is 0. The van der Waals surface area contributed by atoms with E-state index in [2.05, 4.69) is 34.7 Å². The Morgan fingerprint density at radius 1 is 1.04 bits per heavy atom. The molecule has 2 unspecified atom stereocenters. The van der Waals surface area contributed by atoms with Gasteiger partial charge in [0.1, 0.15) is 0 Å². The number of halogens is 1. The fraction of sp³-hybridized carbons (Fsp3) is 0.647. The SMILES string of the molecule is CC1CN(C2CCN(S(=O)(=O)c3ccc(Br)cc3)CC2)CC(C)O1. The zero-order valence-electron chi connectivity index (χ0n) is 14.2. The summed E-state index contributed by atoms with van der Waals surface area (Å²) in [7, 11) is -3.39. The number of hydrogen-bond acceptors (Lipinski definition) is 4. The van der Waals surface area contributed by atoms with Crippen molar-refractivity contribution in [2.45, 2.75) is 49.8 Å². The quantitative estimate of drug-likeness (QED) is 0.759. The Bertz CT molecular complexity index is 647. The molecule has 2 fully saturated rings. The Kier molecular flexibility index (Phi) is 5.66. The van der Waals surface area contributed by atoms with Crippen LogP contribution in [-0.4, -0.2) is 62.1 Å². The van der Waals surface area contributed by atoms with Crippen molar-refractivity contribution in [3.05, 3.63) is 28.7 Å². The molecule has 0 amide bonds. The van der Waals surface area contributed by atoms with E-state index in [1.54, 1.807) is 28.6 Å². The second-order valence-corrected chi connectivity index (χ2v) is 9.65. The number of benzene rings is 1. The number of piperidine rings is 1. The van der Waals surface area contributed by atoms with E-state index in [0.717, 1.165) is 30.4 Å². The summed E-state index contributed by atoms with van der Waals surface area (Å²) >= 11 is 3.35. The zero-order valence-corrected chi connectivity index (χ0v) is 16.6. The smallest absolute Gasteiger partial charge is 0.243 e. The average Bonchev–Trinajstić information content (AvgIpc) is 2.54. The first-order chi connectivity index (χ1) is 11.4. The van der Waals surface area contributed by atoms with Crippen molar-refractivity contribution in [1.82, 2.24) is 9.21 Å². The Morgan fingerprint density at radius 2 is 1.58 bits per heavy atom. The summed E-state index contributed by atoms with van der Waals surface area (Å²) < 4.78 is 33.8. The predicted octanol–water partition coefficient (Wildman–Crippen LogP) is 2.71. The van der Waals surface area contributed by atoms with Crippen molar-refractivity contribution in [3.63, 3.8) is 0 Å². The largest absolute Gasteiger partial charge is 0.373 e. The van der Waals surface area contributed by atoms with E-state index in [4.69, 9.17) is 4.74 Å². The maximum Gasteiger partial charge on any atom is 0.243 e. The highest BCUT2D eigenvalue weighted by Gasteiger charge is 2.34. The van der Waals surface area contributed by atoms with Gasteiger partial charge in [0.25, 0.3) is 0 Å². The molecule has 0 saturated carbocycles. The van der Waals surface area contributed by atoms with Gasteiger partial charge in [-0.15, -0.1) is 0 Å². The molecule has 2 heterocycles. The standard InChI is InChI=1S/C17H25BrN2O3S/c1-13-11-19(12-14(2)23-13)16-7-9-20(10-8-16)24(21,22)17-5-3-15(18)4-6-17/h3-6,13-14,16H,7-12H2,1-2H3. The Balaban J connectivity index is 1.63. The van der Waals surface area contributed by atoms with E-state index in [1.807, 2.05) is 0 Å². The van der Waals surface area contributed by atoms with Crippen LogP contribution in [0.1, 0.15) is 26.7 Å². The fourth-order valence-corrected chi connectivity index (χ4v) is 5.45. The molecule has 1 aromatic carbocycles. The maximum absolute atomic E-state index is 12.8. The van der Waals surface area contributed by atoms with Gasteiger partial charge in [-0.3, -0.25) is 4.90 Å². The number of morpholine rings is 1. The van der Waals surface area contributed by atoms with Gasteiger partial charge in [-0.1, -0.05) is 15.9 Å². The van der Waals surface area contributed by atoms with Crippen molar-refractivity contribution >= 4 is 26.0 Å². The highest BCUT2D eigenvalue weighted by molar-refractivity contribution is 9.10. The molecular weight excluding hydrogens is 392 g/mol. The van der Waals surface area contributed by atoms with Crippen LogP contribution in [0.15, 0.2) is 33.6 Å². The van der Waals surface area contributed by atoms with Gasteiger partial charge in [0.05, 0.1) is 17.1 Å². The summed E-state index contributed by atoms with van der Waals surface area (Å²) in [4.78, 5) is 2.85.